The van der Waals surface area contributed by atoms with Crippen LogP contribution in [0.1, 0.15) is 24.2 Å². The molecule has 0 saturated carbocycles. The number of para-hydroxylation sites is 1. The van der Waals surface area contributed by atoms with Crippen molar-refractivity contribution in [2.24, 2.45) is 5.92 Å². The van der Waals surface area contributed by atoms with Crippen LogP contribution >= 0.6 is 0 Å². The summed E-state index contributed by atoms with van der Waals surface area (Å²) in [5.41, 5.74) is 5.06. The Morgan fingerprint density at radius 1 is 0.920 bits per heavy atom. The summed E-state index contributed by atoms with van der Waals surface area (Å²) in [6.45, 7) is 4.47. The summed E-state index contributed by atoms with van der Waals surface area (Å²) < 4.78 is 10.9. The standard InChI is InChI=1S/C19H22N2O4/c1-14(2)12-24-17-10-6-7-15(11-17)19(23)21-20-18(22)13-25-16-8-4-3-5-9-16/h3-11,14H,12-13H2,1-2H3,(H,20,22)(H,21,23). The van der Waals surface area contributed by atoms with Gasteiger partial charge in [-0.25, -0.2) is 0 Å². The minimum absolute atomic E-state index is 0.193. The molecule has 0 atom stereocenters. The Balaban J connectivity index is 1.79. The largest absolute Gasteiger partial charge is 0.493 e. The molecule has 0 spiro atoms. The Bertz CT molecular complexity index is 702. The van der Waals surface area contributed by atoms with E-state index in [0.29, 0.717) is 29.6 Å². The maximum atomic E-state index is 12.1. The zero-order valence-corrected chi connectivity index (χ0v) is 14.3. The van der Waals surface area contributed by atoms with E-state index in [9.17, 15) is 9.59 Å². The van der Waals surface area contributed by atoms with Crippen molar-refractivity contribution < 1.29 is 19.1 Å². The van der Waals surface area contributed by atoms with Crippen molar-refractivity contribution >= 4 is 11.8 Å². The molecule has 0 heterocycles. The summed E-state index contributed by atoms with van der Waals surface area (Å²) in [6, 6.07) is 15.7. The second kappa shape index (κ2) is 9.32. The first-order valence-corrected chi connectivity index (χ1v) is 8.04. The zero-order chi connectivity index (χ0) is 18.1. The maximum Gasteiger partial charge on any atom is 0.276 e. The van der Waals surface area contributed by atoms with Gasteiger partial charge in [0, 0.05) is 5.56 Å². The SMILES string of the molecule is CC(C)COc1cccc(C(=O)NNC(=O)COc2ccccc2)c1. The fourth-order valence-electron chi connectivity index (χ4n) is 1.89. The molecule has 0 bridgehead atoms. The number of nitrogens with one attached hydrogen (secondary N) is 2. The molecule has 0 aliphatic carbocycles. The van der Waals surface area contributed by atoms with E-state index in [0.717, 1.165) is 0 Å². The van der Waals surface area contributed by atoms with E-state index in [1.54, 1.807) is 36.4 Å². The van der Waals surface area contributed by atoms with Crippen LogP contribution in [0.3, 0.4) is 0 Å². The number of carbonyl (C=O) groups is 2. The van der Waals surface area contributed by atoms with Gasteiger partial charge in [-0.3, -0.25) is 20.4 Å². The number of hydrogen-bond acceptors (Lipinski definition) is 4. The quantitative estimate of drug-likeness (QED) is 0.758. The van der Waals surface area contributed by atoms with E-state index in [4.69, 9.17) is 9.47 Å². The second-order valence-corrected chi connectivity index (χ2v) is 5.84. The Kier molecular flexibility index (Phi) is 6.83. The molecule has 6 nitrogen and oxygen atoms in total. The Labute approximate surface area is 147 Å². The summed E-state index contributed by atoms with van der Waals surface area (Å²) in [6.07, 6.45) is 0. The van der Waals surface area contributed by atoms with E-state index < -0.39 is 11.8 Å². The molecule has 2 rings (SSSR count). The van der Waals surface area contributed by atoms with E-state index >= 15 is 0 Å². The van der Waals surface area contributed by atoms with Crippen LogP contribution in [-0.2, 0) is 4.79 Å². The molecule has 2 amide bonds. The summed E-state index contributed by atoms with van der Waals surface area (Å²) >= 11 is 0. The Morgan fingerprint density at radius 3 is 2.36 bits per heavy atom. The van der Waals surface area contributed by atoms with Crippen molar-refractivity contribution in [3.05, 3.63) is 60.2 Å². The molecule has 0 aromatic heterocycles. The molecular weight excluding hydrogens is 320 g/mol. The van der Waals surface area contributed by atoms with Gasteiger partial charge >= 0.3 is 0 Å². The number of hydrazine groups is 1. The lowest BCUT2D eigenvalue weighted by Crippen LogP contribution is -2.43. The van der Waals surface area contributed by atoms with Gasteiger partial charge in [0.2, 0.25) is 0 Å². The first kappa shape index (κ1) is 18.3. The molecule has 0 aliphatic rings. The van der Waals surface area contributed by atoms with Gasteiger partial charge in [-0.05, 0) is 36.2 Å². The molecule has 0 aliphatic heterocycles. The van der Waals surface area contributed by atoms with E-state index in [1.165, 1.54) is 0 Å². The van der Waals surface area contributed by atoms with Crippen LogP contribution in [-0.4, -0.2) is 25.0 Å². The first-order chi connectivity index (χ1) is 12.0. The minimum atomic E-state index is -0.454. The van der Waals surface area contributed by atoms with Crippen LogP contribution in [0.2, 0.25) is 0 Å². The fourth-order valence-corrected chi connectivity index (χ4v) is 1.89. The van der Waals surface area contributed by atoms with Crippen LogP contribution in [0.5, 0.6) is 11.5 Å². The highest BCUT2D eigenvalue weighted by Crippen LogP contribution is 2.14. The third kappa shape index (κ3) is 6.55. The van der Waals surface area contributed by atoms with Crippen LogP contribution in [0, 0.1) is 5.92 Å². The van der Waals surface area contributed by atoms with Crippen LogP contribution < -0.4 is 20.3 Å². The highest BCUT2D eigenvalue weighted by molar-refractivity contribution is 5.95. The predicted molar refractivity (Wildman–Crippen MR) is 94.3 cm³/mol. The molecule has 2 aromatic rings. The molecule has 0 radical (unpaired) electrons. The van der Waals surface area contributed by atoms with Gasteiger partial charge < -0.3 is 9.47 Å². The van der Waals surface area contributed by atoms with Gasteiger partial charge in [-0.1, -0.05) is 38.1 Å². The number of ether oxygens (including phenoxy) is 2. The monoisotopic (exact) mass is 342 g/mol. The average Bonchev–Trinajstić information content (AvgIpc) is 2.63. The van der Waals surface area contributed by atoms with Crippen molar-refractivity contribution in [2.45, 2.75) is 13.8 Å². The summed E-state index contributed by atoms with van der Waals surface area (Å²) in [7, 11) is 0. The summed E-state index contributed by atoms with van der Waals surface area (Å²) in [5, 5.41) is 0. The lowest BCUT2D eigenvalue weighted by atomic mass is 10.2. The number of hydrogen-bond donors (Lipinski definition) is 2. The molecule has 6 heteroatoms. The zero-order valence-electron chi connectivity index (χ0n) is 14.3. The van der Waals surface area contributed by atoms with Crippen LogP contribution in [0.15, 0.2) is 54.6 Å². The minimum Gasteiger partial charge on any atom is -0.493 e. The highest BCUT2D eigenvalue weighted by atomic mass is 16.5. The van der Waals surface area contributed by atoms with Gasteiger partial charge in [-0.15, -0.1) is 0 Å². The number of carbonyl (C=O) groups excluding carboxylic acids is 2. The average molecular weight is 342 g/mol. The molecule has 0 unspecified atom stereocenters. The topological polar surface area (TPSA) is 76.7 Å². The number of amides is 2. The van der Waals surface area contributed by atoms with Gasteiger partial charge in [0.15, 0.2) is 6.61 Å². The van der Waals surface area contributed by atoms with Crippen molar-refractivity contribution in [3.63, 3.8) is 0 Å². The lowest BCUT2D eigenvalue weighted by Gasteiger charge is -2.11. The molecule has 0 fully saturated rings. The first-order valence-electron chi connectivity index (χ1n) is 8.04. The maximum absolute atomic E-state index is 12.1. The van der Waals surface area contributed by atoms with Gasteiger partial charge in [0.25, 0.3) is 11.8 Å². The molecular formula is C19H22N2O4. The van der Waals surface area contributed by atoms with E-state index in [2.05, 4.69) is 10.9 Å². The van der Waals surface area contributed by atoms with Crippen LogP contribution in [0.4, 0.5) is 0 Å². The normalized spacial score (nSPS) is 10.2. The van der Waals surface area contributed by atoms with Crippen LogP contribution in [0.25, 0.3) is 0 Å². The second-order valence-electron chi connectivity index (χ2n) is 5.84. The molecule has 25 heavy (non-hydrogen) atoms. The van der Waals surface area contributed by atoms with Crippen molar-refractivity contribution in [1.29, 1.82) is 0 Å². The summed E-state index contributed by atoms with van der Waals surface area (Å²) in [4.78, 5) is 23.8. The summed E-state index contributed by atoms with van der Waals surface area (Å²) in [5.74, 6) is 0.702. The van der Waals surface area contributed by atoms with Gasteiger partial charge in [0.05, 0.1) is 6.61 Å². The lowest BCUT2D eigenvalue weighted by molar-refractivity contribution is -0.123. The Morgan fingerprint density at radius 2 is 1.64 bits per heavy atom. The molecule has 2 aromatic carbocycles. The van der Waals surface area contributed by atoms with Crippen molar-refractivity contribution in [2.75, 3.05) is 13.2 Å². The molecule has 0 saturated heterocycles. The third-order valence-corrected chi connectivity index (χ3v) is 3.11. The third-order valence-electron chi connectivity index (χ3n) is 3.11. The fraction of sp³-hybridized carbons (Fsp3) is 0.263. The highest BCUT2D eigenvalue weighted by Gasteiger charge is 2.09. The van der Waals surface area contributed by atoms with E-state index in [-0.39, 0.29) is 6.61 Å². The van der Waals surface area contributed by atoms with Crippen molar-refractivity contribution in [1.82, 2.24) is 10.9 Å². The predicted octanol–water partition coefficient (Wildman–Crippen LogP) is 2.56. The van der Waals surface area contributed by atoms with Gasteiger partial charge in [-0.2, -0.15) is 0 Å². The number of benzene rings is 2. The van der Waals surface area contributed by atoms with E-state index in [1.807, 2.05) is 32.0 Å². The smallest absolute Gasteiger partial charge is 0.276 e. The molecule has 132 valence electrons. The van der Waals surface area contributed by atoms with Gasteiger partial charge in [0.1, 0.15) is 11.5 Å². The molecule has 2 N–H and O–H groups in total. The number of rotatable bonds is 7. The Hall–Kier alpha value is -3.02. The van der Waals surface area contributed by atoms with Crippen molar-refractivity contribution in [3.8, 4) is 11.5 Å².